The van der Waals surface area contributed by atoms with E-state index >= 15 is 0 Å². The molecular formula is C16H12ClNO. The zero-order valence-electron chi connectivity index (χ0n) is 10.4. The Balaban J connectivity index is 1.90. The molecule has 0 aliphatic rings. The van der Waals surface area contributed by atoms with Gasteiger partial charge in [0.15, 0.2) is 5.58 Å². The second-order valence-corrected chi connectivity index (χ2v) is 4.84. The molecule has 0 saturated carbocycles. The van der Waals surface area contributed by atoms with Crippen molar-refractivity contribution in [2.75, 3.05) is 0 Å². The minimum atomic E-state index is 0.607. The summed E-state index contributed by atoms with van der Waals surface area (Å²) in [6.07, 6.45) is 3.81. The Morgan fingerprint density at radius 2 is 1.84 bits per heavy atom. The largest absolute Gasteiger partial charge is 0.437 e. The van der Waals surface area contributed by atoms with Crippen molar-refractivity contribution < 1.29 is 4.42 Å². The maximum absolute atomic E-state index is 5.84. The molecule has 0 N–H and O–H groups in total. The number of hydrogen-bond donors (Lipinski definition) is 0. The van der Waals surface area contributed by atoms with Gasteiger partial charge in [0, 0.05) is 11.1 Å². The number of halogens is 1. The minimum absolute atomic E-state index is 0.607. The highest BCUT2D eigenvalue weighted by atomic mass is 35.5. The van der Waals surface area contributed by atoms with Crippen LogP contribution in [0.3, 0.4) is 0 Å². The summed E-state index contributed by atoms with van der Waals surface area (Å²) in [5.41, 5.74) is 3.92. The number of benzene rings is 2. The predicted octanol–water partition coefficient (Wildman–Crippen LogP) is 4.96. The molecule has 0 aliphatic carbocycles. The Hall–Kier alpha value is -2.06. The fraction of sp³-hybridized carbons (Fsp3) is 0.0625. The van der Waals surface area contributed by atoms with Gasteiger partial charge in [0.25, 0.3) is 0 Å². The van der Waals surface area contributed by atoms with Crippen LogP contribution in [0, 0.1) is 6.92 Å². The lowest BCUT2D eigenvalue weighted by molar-refractivity contribution is 0.589. The quantitative estimate of drug-likeness (QED) is 0.657. The molecule has 0 spiro atoms. The third-order valence-electron chi connectivity index (χ3n) is 2.85. The lowest BCUT2D eigenvalue weighted by atomic mass is 10.2. The van der Waals surface area contributed by atoms with Crippen molar-refractivity contribution in [2.45, 2.75) is 6.92 Å². The summed E-state index contributed by atoms with van der Waals surface area (Å²) >= 11 is 5.84. The summed E-state index contributed by atoms with van der Waals surface area (Å²) in [5, 5.41) is 0.731. The van der Waals surface area contributed by atoms with Gasteiger partial charge in [0.1, 0.15) is 5.52 Å². The molecule has 0 atom stereocenters. The monoisotopic (exact) mass is 269 g/mol. The average Bonchev–Trinajstić information content (AvgIpc) is 2.80. The van der Waals surface area contributed by atoms with Crippen LogP contribution in [0.5, 0.6) is 0 Å². The summed E-state index contributed by atoms with van der Waals surface area (Å²) in [6.45, 7) is 2.04. The van der Waals surface area contributed by atoms with Gasteiger partial charge in [-0.2, -0.15) is 0 Å². The molecule has 0 saturated heterocycles. The summed E-state index contributed by atoms with van der Waals surface area (Å²) in [6, 6.07) is 13.6. The van der Waals surface area contributed by atoms with Gasteiger partial charge in [-0.1, -0.05) is 29.8 Å². The molecule has 2 nitrogen and oxygen atoms in total. The van der Waals surface area contributed by atoms with E-state index in [1.165, 1.54) is 5.56 Å². The van der Waals surface area contributed by atoms with E-state index in [9.17, 15) is 0 Å². The topological polar surface area (TPSA) is 26.0 Å². The first kappa shape index (κ1) is 12.0. The van der Waals surface area contributed by atoms with Crippen LogP contribution in [0.4, 0.5) is 0 Å². The Kier molecular flexibility index (Phi) is 3.10. The fourth-order valence-electron chi connectivity index (χ4n) is 1.87. The molecule has 0 amide bonds. The predicted molar refractivity (Wildman–Crippen MR) is 79.1 cm³/mol. The highest BCUT2D eigenvalue weighted by molar-refractivity contribution is 6.30. The molecule has 94 valence electrons. The lowest BCUT2D eigenvalue weighted by Crippen LogP contribution is -1.73. The fourth-order valence-corrected chi connectivity index (χ4v) is 1.99. The minimum Gasteiger partial charge on any atom is -0.437 e. The molecule has 0 radical (unpaired) electrons. The first-order valence-electron chi connectivity index (χ1n) is 6.01. The Bertz CT molecular complexity index is 741. The second-order valence-electron chi connectivity index (χ2n) is 4.41. The van der Waals surface area contributed by atoms with Gasteiger partial charge in [-0.15, -0.1) is 0 Å². The number of fused-ring (bicyclic) bond motifs is 1. The van der Waals surface area contributed by atoms with Crippen molar-refractivity contribution in [1.29, 1.82) is 0 Å². The van der Waals surface area contributed by atoms with Crippen LogP contribution >= 0.6 is 11.6 Å². The molecule has 1 heterocycles. The highest BCUT2D eigenvalue weighted by Crippen LogP contribution is 2.18. The van der Waals surface area contributed by atoms with Gasteiger partial charge in [-0.05, 0) is 48.4 Å². The number of rotatable bonds is 2. The highest BCUT2D eigenvalue weighted by Gasteiger charge is 2.02. The molecule has 2 aromatic carbocycles. The molecule has 0 bridgehead atoms. The van der Waals surface area contributed by atoms with Gasteiger partial charge in [0.2, 0.25) is 5.89 Å². The third kappa shape index (κ3) is 2.69. The standard InChI is InChI=1S/C16H12ClNO/c1-11-2-8-15-14(10-11)18-16(19-15)9-5-12-3-6-13(17)7-4-12/h2-10H,1H3. The molecule has 3 aromatic rings. The molecule has 19 heavy (non-hydrogen) atoms. The smallest absolute Gasteiger partial charge is 0.220 e. The number of aryl methyl sites for hydroxylation is 1. The van der Waals surface area contributed by atoms with Crippen LogP contribution in [-0.4, -0.2) is 4.98 Å². The van der Waals surface area contributed by atoms with Crippen molar-refractivity contribution in [3.63, 3.8) is 0 Å². The van der Waals surface area contributed by atoms with Crippen molar-refractivity contribution in [2.24, 2.45) is 0 Å². The second kappa shape index (κ2) is 4.90. The maximum Gasteiger partial charge on any atom is 0.220 e. The van der Waals surface area contributed by atoms with Gasteiger partial charge >= 0.3 is 0 Å². The van der Waals surface area contributed by atoms with Gasteiger partial charge in [-0.3, -0.25) is 0 Å². The van der Waals surface area contributed by atoms with Crippen molar-refractivity contribution in [3.8, 4) is 0 Å². The Labute approximate surface area is 116 Å². The molecular weight excluding hydrogens is 258 g/mol. The lowest BCUT2D eigenvalue weighted by Gasteiger charge is -1.92. The van der Waals surface area contributed by atoms with E-state index < -0.39 is 0 Å². The number of nitrogens with zero attached hydrogens (tertiary/aromatic N) is 1. The van der Waals surface area contributed by atoms with E-state index in [2.05, 4.69) is 4.98 Å². The maximum atomic E-state index is 5.84. The molecule has 3 rings (SSSR count). The number of aromatic nitrogens is 1. The van der Waals surface area contributed by atoms with E-state index in [-0.39, 0.29) is 0 Å². The average molecular weight is 270 g/mol. The molecule has 1 aromatic heterocycles. The number of oxazole rings is 1. The SMILES string of the molecule is Cc1ccc2oc(C=Cc3ccc(Cl)cc3)nc2c1. The Morgan fingerprint density at radius 3 is 2.63 bits per heavy atom. The van der Waals surface area contributed by atoms with E-state index in [1.807, 2.05) is 61.5 Å². The van der Waals surface area contributed by atoms with Crippen LogP contribution in [0.25, 0.3) is 23.3 Å². The molecule has 3 heteroatoms. The summed E-state index contributed by atoms with van der Waals surface area (Å²) < 4.78 is 5.64. The van der Waals surface area contributed by atoms with Crippen molar-refractivity contribution >= 4 is 34.9 Å². The van der Waals surface area contributed by atoms with Crippen LogP contribution in [0.2, 0.25) is 5.02 Å². The van der Waals surface area contributed by atoms with Gasteiger partial charge in [0.05, 0.1) is 0 Å². The Morgan fingerprint density at radius 1 is 1.05 bits per heavy atom. The molecule has 0 fully saturated rings. The summed E-state index contributed by atoms with van der Waals surface area (Å²) in [7, 11) is 0. The first-order valence-corrected chi connectivity index (χ1v) is 6.39. The first-order chi connectivity index (χ1) is 9.20. The normalized spacial score (nSPS) is 11.5. The third-order valence-corrected chi connectivity index (χ3v) is 3.10. The van der Waals surface area contributed by atoms with Crippen LogP contribution < -0.4 is 0 Å². The number of hydrogen-bond acceptors (Lipinski definition) is 2. The van der Waals surface area contributed by atoms with Gasteiger partial charge in [-0.25, -0.2) is 4.98 Å². The molecule has 0 aliphatic heterocycles. The summed E-state index contributed by atoms with van der Waals surface area (Å²) in [4.78, 5) is 4.43. The summed E-state index contributed by atoms with van der Waals surface area (Å²) in [5.74, 6) is 0.607. The van der Waals surface area contributed by atoms with Gasteiger partial charge < -0.3 is 4.42 Å². The zero-order chi connectivity index (χ0) is 13.2. The van der Waals surface area contributed by atoms with E-state index in [1.54, 1.807) is 0 Å². The van der Waals surface area contributed by atoms with Crippen LogP contribution in [0.15, 0.2) is 46.9 Å². The van der Waals surface area contributed by atoms with Crippen molar-refractivity contribution in [3.05, 3.63) is 64.5 Å². The van der Waals surface area contributed by atoms with E-state index in [4.69, 9.17) is 16.0 Å². The molecule has 0 unspecified atom stereocenters. The zero-order valence-corrected chi connectivity index (χ0v) is 11.2. The van der Waals surface area contributed by atoms with E-state index in [0.717, 1.165) is 21.7 Å². The van der Waals surface area contributed by atoms with E-state index in [0.29, 0.717) is 5.89 Å². The van der Waals surface area contributed by atoms with Crippen molar-refractivity contribution in [1.82, 2.24) is 4.98 Å². The van der Waals surface area contributed by atoms with Crippen LogP contribution in [0.1, 0.15) is 17.0 Å². The van der Waals surface area contributed by atoms with Crippen LogP contribution in [-0.2, 0) is 0 Å².